The quantitative estimate of drug-likeness (QED) is 0.518. The molecule has 0 heterocycles. The van der Waals surface area contributed by atoms with E-state index in [1.54, 1.807) is 6.08 Å². The van der Waals surface area contributed by atoms with E-state index in [9.17, 15) is 29.7 Å². The maximum absolute atomic E-state index is 13.1. The highest BCUT2D eigenvalue weighted by Crippen LogP contribution is 2.67. The first-order valence-corrected chi connectivity index (χ1v) is 13.1. The Morgan fingerprint density at radius 3 is 2.53 bits per heavy atom. The first-order chi connectivity index (χ1) is 15.0. The van der Waals surface area contributed by atoms with Crippen molar-refractivity contribution in [2.45, 2.75) is 83.5 Å². The van der Waals surface area contributed by atoms with Crippen LogP contribution in [0.1, 0.15) is 65.7 Å². The SMILES string of the molecule is CCSCC(=O)CC(=O)[C@H]1CC[C@@]2(O)C3=CC(=O)[C@@H]4C[C@@H](O)[C@@H](O)C[C@]4(C)C3CC[C@]12C. The summed E-state index contributed by atoms with van der Waals surface area (Å²) in [5, 5.41) is 32.6. The van der Waals surface area contributed by atoms with Crippen molar-refractivity contribution in [3.63, 3.8) is 0 Å². The van der Waals surface area contributed by atoms with E-state index in [2.05, 4.69) is 0 Å². The van der Waals surface area contributed by atoms with Gasteiger partial charge < -0.3 is 15.3 Å². The lowest BCUT2D eigenvalue weighted by Crippen LogP contribution is -2.61. The molecule has 6 nitrogen and oxygen atoms in total. The van der Waals surface area contributed by atoms with Gasteiger partial charge in [0, 0.05) is 17.3 Å². The van der Waals surface area contributed by atoms with Crippen molar-refractivity contribution in [1.82, 2.24) is 0 Å². The monoisotopic (exact) mass is 464 g/mol. The highest BCUT2D eigenvalue weighted by Gasteiger charge is 2.67. The van der Waals surface area contributed by atoms with Gasteiger partial charge in [0.15, 0.2) is 5.78 Å². The maximum atomic E-state index is 13.1. The van der Waals surface area contributed by atoms with Gasteiger partial charge in [-0.05, 0) is 67.3 Å². The van der Waals surface area contributed by atoms with Gasteiger partial charge in [-0.15, -0.1) is 0 Å². The molecule has 4 rings (SSSR count). The lowest BCUT2D eigenvalue weighted by atomic mass is 9.46. The number of hydrogen-bond donors (Lipinski definition) is 3. The fourth-order valence-corrected chi connectivity index (χ4v) is 8.00. The molecule has 178 valence electrons. The fourth-order valence-electron chi connectivity index (χ4n) is 7.47. The third-order valence-corrected chi connectivity index (χ3v) is 10.3. The molecule has 0 aliphatic heterocycles. The van der Waals surface area contributed by atoms with E-state index >= 15 is 0 Å². The zero-order valence-electron chi connectivity index (χ0n) is 19.3. The number of carbonyl (C=O) groups excluding carboxylic acids is 3. The number of aliphatic hydroxyl groups is 3. The van der Waals surface area contributed by atoms with Gasteiger partial charge in [0.2, 0.25) is 0 Å². The second-order valence-corrected chi connectivity index (χ2v) is 12.2. The van der Waals surface area contributed by atoms with Crippen molar-refractivity contribution in [2.24, 2.45) is 28.6 Å². The number of rotatable bonds is 6. The number of thioether (sulfide) groups is 1. The third-order valence-electron chi connectivity index (χ3n) is 9.34. The zero-order chi connectivity index (χ0) is 23.5. The number of aliphatic hydroxyl groups excluding tert-OH is 2. The van der Waals surface area contributed by atoms with E-state index in [1.165, 1.54) is 11.8 Å². The predicted molar refractivity (Wildman–Crippen MR) is 122 cm³/mol. The van der Waals surface area contributed by atoms with Gasteiger partial charge in [-0.1, -0.05) is 20.8 Å². The van der Waals surface area contributed by atoms with Crippen LogP contribution in [0.25, 0.3) is 0 Å². The normalized spacial score (nSPS) is 45.5. The largest absolute Gasteiger partial charge is 0.390 e. The van der Waals surface area contributed by atoms with Gasteiger partial charge >= 0.3 is 0 Å². The molecule has 0 aromatic rings. The molecule has 0 aromatic carbocycles. The average molecular weight is 465 g/mol. The lowest BCUT2D eigenvalue weighted by Gasteiger charge is -2.59. The molecule has 7 heteroatoms. The number of hydrogen-bond acceptors (Lipinski definition) is 7. The summed E-state index contributed by atoms with van der Waals surface area (Å²) in [6.45, 7) is 5.94. The molecule has 0 spiro atoms. The third kappa shape index (κ3) is 3.46. The minimum atomic E-state index is -1.26. The molecular weight excluding hydrogens is 428 g/mol. The van der Waals surface area contributed by atoms with E-state index in [0.717, 1.165) is 12.2 Å². The van der Waals surface area contributed by atoms with Crippen LogP contribution < -0.4 is 0 Å². The van der Waals surface area contributed by atoms with Crippen molar-refractivity contribution in [3.8, 4) is 0 Å². The van der Waals surface area contributed by atoms with E-state index in [4.69, 9.17) is 0 Å². The Morgan fingerprint density at radius 2 is 1.84 bits per heavy atom. The van der Waals surface area contributed by atoms with E-state index in [0.29, 0.717) is 37.0 Å². The molecule has 4 aliphatic carbocycles. The highest BCUT2D eigenvalue weighted by molar-refractivity contribution is 7.99. The van der Waals surface area contributed by atoms with Crippen molar-refractivity contribution in [2.75, 3.05) is 11.5 Å². The van der Waals surface area contributed by atoms with Crippen LogP contribution in [0, 0.1) is 28.6 Å². The second kappa shape index (κ2) is 8.33. The Hall–Kier alpha value is -1.02. The Morgan fingerprint density at radius 1 is 1.12 bits per heavy atom. The molecule has 3 saturated carbocycles. The Balaban J connectivity index is 1.63. The van der Waals surface area contributed by atoms with Crippen LogP contribution in [-0.2, 0) is 14.4 Å². The molecule has 3 N–H and O–H groups in total. The Kier molecular flexibility index (Phi) is 6.28. The van der Waals surface area contributed by atoms with Gasteiger partial charge in [-0.2, -0.15) is 11.8 Å². The molecule has 4 aliphatic rings. The summed E-state index contributed by atoms with van der Waals surface area (Å²) in [4.78, 5) is 38.5. The Bertz CT molecular complexity index is 853. The minimum Gasteiger partial charge on any atom is -0.390 e. The summed E-state index contributed by atoms with van der Waals surface area (Å²) in [6.07, 6.45) is 2.56. The van der Waals surface area contributed by atoms with Crippen LogP contribution in [0.4, 0.5) is 0 Å². The fraction of sp³-hybridized carbons (Fsp3) is 0.800. The number of Topliss-reactive ketones (excluding diaryl/α,β-unsaturated/α-hetero) is 2. The molecule has 3 fully saturated rings. The predicted octanol–water partition coefficient (Wildman–Crippen LogP) is 2.47. The van der Waals surface area contributed by atoms with Gasteiger partial charge in [0.05, 0.1) is 30.0 Å². The molecular formula is C25H36O6S. The van der Waals surface area contributed by atoms with E-state index in [1.807, 2.05) is 20.8 Å². The topological polar surface area (TPSA) is 112 Å². The molecule has 0 radical (unpaired) electrons. The van der Waals surface area contributed by atoms with Crippen LogP contribution in [0.5, 0.6) is 0 Å². The smallest absolute Gasteiger partial charge is 0.159 e. The van der Waals surface area contributed by atoms with Crippen LogP contribution in [0.15, 0.2) is 11.6 Å². The molecule has 0 saturated heterocycles. The second-order valence-electron chi connectivity index (χ2n) is 10.9. The number of ketones is 3. The average Bonchev–Trinajstić information content (AvgIpc) is 3.00. The van der Waals surface area contributed by atoms with Gasteiger partial charge in [-0.25, -0.2) is 0 Å². The Labute approximate surface area is 194 Å². The van der Waals surface area contributed by atoms with Gasteiger partial charge in [0.25, 0.3) is 0 Å². The standard InChI is InChI=1S/C25H36O6S/c1-4-32-13-14(26)9-19(27)16-6-8-25(31)17-10-20(28)18-11-21(29)22(30)12-23(18,2)15(17)5-7-24(16,25)3/h10,15-16,18,21-22,29-31H,4-9,11-13H2,1-3H3/t15?,16-,18+,21-,22+,23-,24-,25-/m1/s1. The first kappa shape index (κ1) is 24.1. The van der Waals surface area contributed by atoms with Crippen molar-refractivity contribution < 1.29 is 29.7 Å². The summed E-state index contributed by atoms with van der Waals surface area (Å²) < 4.78 is 0. The highest BCUT2D eigenvalue weighted by atomic mass is 32.2. The van der Waals surface area contributed by atoms with E-state index < -0.39 is 34.6 Å². The van der Waals surface area contributed by atoms with Crippen molar-refractivity contribution >= 4 is 29.1 Å². The number of allylic oxidation sites excluding steroid dienone is 1. The summed E-state index contributed by atoms with van der Waals surface area (Å²) in [7, 11) is 0. The molecule has 1 unspecified atom stereocenters. The summed E-state index contributed by atoms with van der Waals surface area (Å²) in [5.41, 5.74) is -1.78. The van der Waals surface area contributed by atoms with Crippen LogP contribution in [0.2, 0.25) is 0 Å². The van der Waals surface area contributed by atoms with Crippen LogP contribution in [-0.4, -0.2) is 62.0 Å². The molecule has 0 bridgehead atoms. The van der Waals surface area contributed by atoms with Crippen molar-refractivity contribution in [3.05, 3.63) is 11.6 Å². The summed E-state index contributed by atoms with van der Waals surface area (Å²) in [6, 6.07) is 0. The zero-order valence-corrected chi connectivity index (χ0v) is 20.1. The van der Waals surface area contributed by atoms with Gasteiger partial charge in [0.1, 0.15) is 11.6 Å². The minimum absolute atomic E-state index is 0.0632. The first-order valence-electron chi connectivity index (χ1n) is 11.9. The lowest BCUT2D eigenvalue weighted by molar-refractivity contribution is -0.154. The van der Waals surface area contributed by atoms with Crippen LogP contribution in [0.3, 0.4) is 0 Å². The van der Waals surface area contributed by atoms with E-state index in [-0.39, 0.29) is 42.0 Å². The summed E-state index contributed by atoms with van der Waals surface area (Å²) in [5.74, 6) is 0.0881. The van der Waals surface area contributed by atoms with Crippen LogP contribution >= 0.6 is 11.8 Å². The van der Waals surface area contributed by atoms with Gasteiger partial charge in [-0.3, -0.25) is 14.4 Å². The maximum Gasteiger partial charge on any atom is 0.159 e. The number of fused-ring (bicyclic) bond motifs is 5. The van der Waals surface area contributed by atoms with Crippen molar-refractivity contribution in [1.29, 1.82) is 0 Å². The summed E-state index contributed by atoms with van der Waals surface area (Å²) >= 11 is 1.51. The number of carbonyl (C=O) groups is 3. The molecule has 0 amide bonds. The molecule has 32 heavy (non-hydrogen) atoms. The molecule has 0 aromatic heterocycles. The molecule has 8 atom stereocenters.